The molecule has 2 aliphatic heterocycles. The monoisotopic (exact) mass is 236 g/mol. The summed E-state index contributed by atoms with van der Waals surface area (Å²) in [4.78, 5) is 2.53. The molecule has 17 heavy (non-hydrogen) atoms. The van der Waals surface area contributed by atoms with Crippen LogP contribution in [0.5, 0.6) is 0 Å². The lowest BCUT2D eigenvalue weighted by molar-refractivity contribution is -0.0387. The fraction of sp³-hybridized carbons (Fsp3) is 0.750. The summed E-state index contributed by atoms with van der Waals surface area (Å²) in [5.41, 5.74) is 5.58. The van der Waals surface area contributed by atoms with E-state index in [1.807, 2.05) is 16.9 Å². The van der Waals surface area contributed by atoms with Crippen molar-refractivity contribution in [1.29, 1.82) is 0 Å². The number of nitrogens with two attached hydrogens (primary N) is 1. The van der Waals surface area contributed by atoms with Crippen LogP contribution in [0.25, 0.3) is 0 Å². The van der Waals surface area contributed by atoms with Gasteiger partial charge in [0.25, 0.3) is 0 Å². The highest BCUT2D eigenvalue weighted by Crippen LogP contribution is 2.26. The molecule has 2 atom stereocenters. The van der Waals surface area contributed by atoms with Crippen LogP contribution in [0.3, 0.4) is 0 Å². The lowest BCUT2D eigenvalue weighted by Gasteiger charge is -2.31. The Labute approximate surface area is 102 Å². The van der Waals surface area contributed by atoms with Crippen molar-refractivity contribution in [2.75, 3.05) is 25.4 Å². The number of hydrogen-bond acceptors (Lipinski definition) is 4. The molecule has 1 aromatic heterocycles. The zero-order chi connectivity index (χ0) is 11.7. The molecule has 94 valence electrons. The summed E-state index contributed by atoms with van der Waals surface area (Å²) in [6.07, 6.45) is 6.55. The Bertz CT molecular complexity index is 366. The topological polar surface area (TPSA) is 56.3 Å². The van der Waals surface area contributed by atoms with Crippen molar-refractivity contribution in [3.05, 3.63) is 12.3 Å². The number of fused-ring (bicyclic) bond motifs is 2. The average molecular weight is 236 g/mol. The molecular weight excluding hydrogens is 216 g/mol. The van der Waals surface area contributed by atoms with Crippen molar-refractivity contribution in [2.24, 2.45) is 0 Å². The molecule has 2 aliphatic rings. The first kappa shape index (κ1) is 11.0. The van der Waals surface area contributed by atoms with Crippen LogP contribution in [0, 0.1) is 0 Å². The summed E-state index contributed by atoms with van der Waals surface area (Å²) in [7, 11) is 0. The van der Waals surface area contributed by atoms with Crippen molar-refractivity contribution >= 4 is 5.82 Å². The van der Waals surface area contributed by atoms with Gasteiger partial charge < -0.3 is 10.5 Å². The van der Waals surface area contributed by atoms with Gasteiger partial charge in [0.1, 0.15) is 5.82 Å². The van der Waals surface area contributed by atoms with Crippen molar-refractivity contribution in [2.45, 2.75) is 38.0 Å². The minimum Gasteiger partial charge on any atom is -0.382 e. The van der Waals surface area contributed by atoms with E-state index in [9.17, 15) is 0 Å². The van der Waals surface area contributed by atoms with E-state index in [4.69, 9.17) is 10.5 Å². The van der Waals surface area contributed by atoms with Gasteiger partial charge in [-0.3, -0.25) is 9.58 Å². The molecule has 2 N–H and O–H groups in total. The molecule has 3 rings (SSSR count). The lowest BCUT2D eigenvalue weighted by atomic mass is 10.2. The molecule has 0 radical (unpaired) electrons. The zero-order valence-electron chi connectivity index (χ0n) is 10.1. The molecule has 3 heterocycles. The van der Waals surface area contributed by atoms with Crippen LogP contribution < -0.4 is 5.73 Å². The third kappa shape index (κ3) is 2.61. The van der Waals surface area contributed by atoms with E-state index in [2.05, 4.69) is 10.00 Å². The number of morpholine rings is 1. The van der Waals surface area contributed by atoms with Gasteiger partial charge in [0, 0.05) is 32.4 Å². The summed E-state index contributed by atoms with van der Waals surface area (Å²) >= 11 is 0. The highest BCUT2D eigenvalue weighted by molar-refractivity contribution is 5.23. The zero-order valence-corrected chi connectivity index (χ0v) is 10.1. The Morgan fingerprint density at radius 3 is 2.71 bits per heavy atom. The minimum atomic E-state index is 0.495. The van der Waals surface area contributed by atoms with Crippen LogP contribution in [0.4, 0.5) is 5.82 Å². The minimum absolute atomic E-state index is 0.495. The first-order valence-electron chi connectivity index (χ1n) is 6.46. The fourth-order valence-corrected chi connectivity index (χ4v) is 2.84. The lowest BCUT2D eigenvalue weighted by Crippen LogP contribution is -2.43. The molecule has 0 spiro atoms. The summed E-state index contributed by atoms with van der Waals surface area (Å²) in [6.45, 7) is 4.30. The molecule has 0 amide bonds. The van der Waals surface area contributed by atoms with Crippen LogP contribution in [-0.2, 0) is 11.3 Å². The second-order valence-corrected chi connectivity index (χ2v) is 5.07. The van der Waals surface area contributed by atoms with Crippen LogP contribution in [-0.4, -0.2) is 46.5 Å². The fourth-order valence-electron chi connectivity index (χ4n) is 2.84. The van der Waals surface area contributed by atoms with Gasteiger partial charge >= 0.3 is 0 Å². The number of anilines is 1. The summed E-state index contributed by atoms with van der Waals surface area (Å²) < 4.78 is 7.74. The number of hydrogen-bond donors (Lipinski definition) is 1. The normalized spacial score (nSPS) is 28.7. The Kier molecular flexibility index (Phi) is 3.03. The van der Waals surface area contributed by atoms with E-state index in [1.165, 1.54) is 12.8 Å². The van der Waals surface area contributed by atoms with Crippen molar-refractivity contribution in [1.82, 2.24) is 14.7 Å². The maximum Gasteiger partial charge on any atom is 0.145 e. The number of likely N-dealkylation sites (tertiary alicyclic amines) is 1. The Morgan fingerprint density at radius 1 is 1.29 bits per heavy atom. The van der Waals surface area contributed by atoms with E-state index >= 15 is 0 Å². The van der Waals surface area contributed by atoms with Crippen LogP contribution in [0.15, 0.2) is 12.3 Å². The Hall–Kier alpha value is -1.07. The predicted octanol–water partition coefficient (Wildman–Crippen LogP) is 0.719. The predicted molar refractivity (Wildman–Crippen MR) is 65.6 cm³/mol. The van der Waals surface area contributed by atoms with Gasteiger partial charge in [0.15, 0.2) is 0 Å². The van der Waals surface area contributed by atoms with Gasteiger partial charge in [-0.2, -0.15) is 5.10 Å². The maximum absolute atomic E-state index is 5.82. The van der Waals surface area contributed by atoms with Gasteiger partial charge in [-0.15, -0.1) is 0 Å². The van der Waals surface area contributed by atoms with Crippen LogP contribution in [0.2, 0.25) is 0 Å². The molecule has 2 bridgehead atoms. The maximum atomic E-state index is 5.82. The highest BCUT2D eigenvalue weighted by Gasteiger charge is 2.33. The molecule has 0 aliphatic carbocycles. The number of aromatic nitrogens is 2. The smallest absolute Gasteiger partial charge is 0.145 e. The van der Waals surface area contributed by atoms with Crippen LogP contribution in [0.1, 0.15) is 19.3 Å². The van der Waals surface area contributed by atoms with E-state index in [0.29, 0.717) is 18.0 Å². The molecule has 5 heteroatoms. The number of nitrogen functional groups attached to an aromatic ring is 1. The molecule has 2 saturated heterocycles. The summed E-state index contributed by atoms with van der Waals surface area (Å²) in [5, 5.41) is 4.19. The second kappa shape index (κ2) is 4.66. The van der Waals surface area contributed by atoms with Crippen molar-refractivity contribution in [3.63, 3.8) is 0 Å². The third-order valence-corrected chi connectivity index (χ3v) is 3.64. The van der Waals surface area contributed by atoms with Crippen molar-refractivity contribution in [3.8, 4) is 0 Å². The van der Waals surface area contributed by atoms with Gasteiger partial charge in [-0.1, -0.05) is 0 Å². The molecular formula is C12H20N4O. The number of nitrogens with zero attached hydrogens (tertiary/aromatic N) is 3. The van der Waals surface area contributed by atoms with Crippen molar-refractivity contribution < 1.29 is 4.74 Å². The second-order valence-electron chi connectivity index (χ2n) is 5.07. The number of rotatable bonds is 4. The number of ether oxygens (including phenoxy) is 1. The van der Waals surface area contributed by atoms with Gasteiger partial charge in [-0.05, 0) is 25.3 Å². The average Bonchev–Trinajstić information content (AvgIpc) is 2.86. The van der Waals surface area contributed by atoms with E-state index < -0.39 is 0 Å². The summed E-state index contributed by atoms with van der Waals surface area (Å²) in [6, 6.07) is 1.84. The van der Waals surface area contributed by atoms with Gasteiger partial charge in [0.2, 0.25) is 0 Å². The first-order valence-corrected chi connectivity index (χ1v) is 6.46. The van der Waals surface area contributed by atoms with Crippen LogP contribution >= 0.6 is 0 Å². The summed E-state index contributed by atoms with van der Waals surface area (Å²) in [5.74, 6) is 0.606. The van der Waals surface area contributed by atoms with Gasteiger partial charge in [0.05, 0.1) is 12.2 Å². The highest BCUT2D eigenvalue weighted by atomic mass is 16.5. The standard InChI is InChI=1S/C12H20N4O/c13-12-4-7-16(14-12)6-1-5-15-8-10-2-3-11(9-15)17-10/h4,7,10-11H,1-3,5-6,8-9H2,(H2,13,14). The SMILES string of the molecule is Nc1ccn(CCCN2CC3CCC(C2)O3)n1. The van der Waals surface area contributed by atoms with E-state index in [1.54, 1.807) is 0 Å². The molecule has 2 fully saturated rings. The Balaban J connectivity index is 1.42. The quantitative estimate of drug-likeness (QED) is 0.837. The first-order chi connectivity index (χ1) is 8.29. The van der Waals surface area contributed by atoms with E-state index in [0.717, 1.165) is 32.6 Å². The Morgan fingerprint density at radius 2 is 2.06 bits per heavy atom. The molecule has 2 unspecified atom stereocenters. The van der Waals surface area contributed by atoms with Gasteiger partial charge in [-0.25, -0.2) is 0 Å². The van der Waals surface area contributed by atoms with E-state index in [-0.39, 0.29) is 0 Å². The molecule has 5 nitrogen and oxygen atoms in total. The largest absolute Gasteiger partial charge is 0.382 e. The molecule has 0 aromatic carbocycles. The third-order valence-electron chi connectivity index (χ3n) is 3.64. The number of aryl methyl sites for hydroxylation is 1. The molecule has 1 aromatic rings. The molecule has 0 saturated carbocycles.